The monoisotopic (exact) mass is 217 g/mol. The zero-order valence-corrected chi connectivity index (χ0v) is 9.57. The highest BCUT2D eigenvalue weighted by Gasteiger charge is 2.13. The quantitative estimate of drug-likeness (QED) is 0.539. The molecule has 1 rings (SSSR count). The molecule has 0 aromatic rings. The minimum Gasteiger partial charge on any atom is -0.466 e. The van der Waals surface area contributed by atoms with Gasteiger partial charge in [0.15, 0.2) is 0 Å². The van der Waals surface area contributed by atoms with Crippen LogP contribution in [0, 0.1) is 0 Å². The third kappa shape index (κ3) is 4.86. The van der Waals surface area contributed by atoms with Crippen molar-refractivity contribution in [3.63, 3.8) is 0 Å². The fraction of sp³-hybridized carbons (Fsp3) is 0.900. The van der Waals surface area contributed by atoms with Gasteiger partial charge in [0.2, 0.25) is 0 Å². The van der Waals surface area contributed by atoms with E-state index in [1.807, 2.05) is 18.7 Å². The number of thioether (sulfide) groups is 1. The van der Waals surface area contributed by atoms with E-state index in [4.69, 9.17) is 4.74 Å². The summed E-state index contributed by atoms with van der Waals surface area (Å²) in [5.41, 5.74) is 0. The Hall–Kier alpha value is -0.220. The van der Waals surface area contributed by atoms with Gasteiger partial charge in [-0.25, -0.2) is 0 Å². The van der Waals surface area contributed by atoms with Gasteiger partial charge in [0, 0.05) is 18.2 Å². The lowest BCUT2D eigenvalue weighted by molar-refractivity contribution is -0.143. The van der Waals surface area contributed by atoms with Crippen LogP contribution in [0.4, 0.5) is 0 Å². The molecule has 0 aromatic carbocycles. The van der Waals surface area contributed by atoms with Crippen molar-refractivity contribution < 1.29 is 9.53 Å². The number of carbonyl (C=O) groups is 1. The zero-order chi connectivity index (χ0) is 10.2. The molecule has 0 bridgehead atoms. The summed E-state index contributed by atoms with van der Waals surface area (Å²) in [7, 11) is 0. The molecule has 0 aliphatic carbocycles. The summed E-state index contributed by atoms with van der Waals surface area (Å²) in [5, 5.41) is 3.45. The van der Waals surface area contributed by atoms with Crippen LogP contribution >= 0.6 is 11.8 Å². The van der Waals surface area contributed by atoms with Crippen molar-refractivity contribution in [3.8, 4) is 0 Å². The fourth-order valence-electron chi connectivity index (χ4n) is 1.47. The second kappa shape index (κ2) is 7.12. The molecule has 1 atom stereocenters. The standard InChI is InChI=1S/C10H19NO2S/c1-2-13-10(12)4-3-6-11-9-5-7-14-8-9/h9,11H,2-8H2,1H3. The van der Waals surface area contributed by atoms with Crippen molar-refractivity contribution in [1.82, 2.24) is 5.32 Å². The van der Waals surface area contributed by atoms with E-state index < -0.39 is 0 Å². The first-order chi connectivity index (χ1) is 6.83. The Bertz CT molecular complexity index is 170. The minimum atomic E-state index is -0.0740. The lowest BCUT2D eigenvalue weighted by Gasteiger charge is -2.10. The summed E-state index contributed by atoms with van der Waals surface area (Å²) in [6.07, 6.45) is 2.70. The van der Waals surface area contributed by atoms with E-state index >= 15 is 0 Å². The van der Waals surface area contributed by atoms with Gasteiger partial charge in [0.25, 0.3) is 0 Å². The maximum Gasteiger partial charge on any atom is 0.305 e. The molecule has 1 aliphatic heterocycles. The van der Waals surface area contributed by atoms with Crippen LogP contribution in [0.5, 0.6) is 0 Å². The van der Waals surface area contributed by atoms with Crippen molar-refractivity contribution in [2.45, 2.75) is 32.2 Å². The molecular formula is C10H19NO2S. The maximum atomic E-state index is 11.0. The molecule has 1 heterocycles. The Kier molecular flexibility index (Phi) is 6.03. The number of hydrogen-bond acceptors (Lipinski definition) is 4. The summed E-state index contributed by atoms with van der Waals surface area (Å²) >= 11 is 2.00. The number of ether oxygens (including phenoxy) is 1. The largest absolute Gasteiger partial charge is 0.466 e. The van der Waals surface area contributed by atoms with Crippen molar-refractivity contribution in [2.24, 2.45) is 0 Å². The van der Waals surface area contributed by atoms with E-state index in [1.54, 1.807) is 0 Å². The van der Waals surface area contributed by atoms with Crippen LogP contribution in [0.3, 0.4) is 0 Å². The molecule has 1 aliphatic rings. The molecule has 1 unspecified atom stereocenters. The van der Waals surface area contributed by atoms with E-state index in [0.29, 0.717) is 19.1 Å². The van der Waals surface area contributed by atoms with Crippen LogP contribution in [-0.4, -0.2) is 36.7 Å². The third-order valence-electron chi connectivity index (χ3n) is 2.23. The SMILES string of the molecule is CCOC(=O)CCCNC1CCSC1. The van der Waals surface area contributed by atoms with Crippen molar-refractivity contribution >= 4 is 17.7 Å². The number of esters is 1. The van der Waals surface area contributed by atoms with Crippen LogP contribution in [0.15, 0.2) is 0 Å². The van der Waals surface area contributed by atoms with Gasteiger partial charge in [-0.15, -0.1) is 0 Å². The summed E-state index contributed by atoms with van der Waals surface area (Å²) in [6.45, 7) is 3.27. The van der Waals surface area contributed by atoms with E-state index in [2.05, 4.69) is 5.32 Å². The number of nitrogens with one attached hydrogen (secondary N) is 1. The Morgan fingerprint density at radius 1 is 1.64 bits per heavy atom. The number of hydrogen-bond donors (Lipinski definition) is 1. The zero-order valence-electron chi connectivity index (χ0n) is 8.75. The van der Waals surface area contributed by atoms with Gasteiger partial charge < -0.3 is 10.1 Å². The van der Waals surface area contributed by atoms with E-state index in [9.17, 15) is 4.79 Å². The van der Waals surface area contributed by atoms with E-state index in [1.165, 1.54) is 17.9 Å². The summed E-state index contributed by atoms with van der Waals surface area (Å²) in [6, 6.07) is 0.669. The molecule has 0 radical (unpaired) electrons. The third-order valence-corrected chi connectivity index (χ3v) is 3.39. The predicted molar refractivity (Wildman–Crippen MR) is 59.6 cm³/mol. The maximum absolute atomic E-state index is 11.0. The van der Waals surface area contributed by atoms with Crippen LogP contribution in [-0.2, 0) is 9.53 Å². The van der Waals surface area contributed by atoms with E-state index in [-0.39, 0.29) is 5.97 Å². The second-order valence-electron chi connectivity index (χ2n) is 3.42. The second-order valence-corrected chi connectivity index (χ2v) is 4.57. The van der Waals surface area contributed by atoms with Gasteiger partial charge in [-0.1, -0.05) is 0 Å². The van der Waals surface area contributed by atoms with Crippen LogP contribution < -0.4 is 5.32 Å². The minimum absolute atomic E-state index is 0.0740. The average Bonchev–Trinajstić information content (AvgIpc) is 2.65. The first kappa shape index (κ1) is 11.9. The Labute approximate surface area is 90.0 Å². The van der Waals surface area contributed by atoms with Gasteiger partial charge in [0.1, 0.15) is 0 Å². The smallest absolute Gasteiger partial charge is 0.305 e. The average molecular weight is 217 g/mol. The van der Waals surface area contributed by atoms with Crippen molar-refractivity contribution in [2.75, 3.05) is 24.7 Å². The summed E-state index contributed by atoms with van der Waals surface area (Å²) in [4.78, 5) is 11.0. The van der Waals surface area contributed by atoms with Gasteiger partial charge in [0.05, 0.1) is 6.61 Å². The molecule has 4 heteroatoms. The first-order valence-electron chi connectivity index (χ1n) is 5.29. The number of carbonyl (C=O) groups excluding carboxylic acids is 1. The topological polar surface area (TPSA) is 38.3 Å². The molecule has 82 valence electrons. The summed E-state index contributed by atoms with van der Waals surface area (Å²) in [5.74, 6) is 2.42. The van der Waals surface area contributed by atoms with Crippen LogP contribution in [0.2, 0.25) is 0 Å². The van der Waals surface area contributed by atoms with Gasteiger partial charge in [-0.05, 0) is 32.1 Å². The Balaban J connectivity index is 1.90. The molecule has 3 nitrogen and oxygen atoms in total. The number of rotatable bonds is 6. The lowest BCUT2D eigenvalue weighted by Crippen LogP contribution is -2.29. The van der Waals surface area contributed by atoms with Gasteiger partial charge >= 0.3 is 5.97 Å². The molecule has 0 saturated carbocycles. The molecule has 0 aromatic heterocycles. The Morgan fingerprint density at radius 3 is 3.14 bits per heavy atom. The lowest BCUT2D eigenvalue weighted by atomic mass is 10.2. The van der Waals surface area contributed by atoms with Crippen molar-refractivity contribution in [1.29, 1.82) is 0 Å². The molecule has 1 saturated heterocycles. The first-order valence-corrected chi connectivity index (χ1v) is 6.45. The van der Waals surface area contributed by atoms with Gasteiger partial charge in [-0.3, -0.25) is 4.79 Å². The van der Waals surface area contributed by atoms with Crippen molar-refractivity contribution in [3.05, 3.63) is 0 Å². The molecule has 0 amide bonds. The highest BCUT2D eigenvalue weighted by molar-refractivity contribution is 7.99. The van der Waals surface area contributed by atoms with E-state index in [0.717, 1.165) is 13.0 Å². The highest BCUT2D eigenvalue weighted by atomic mass is 32.2. The summed E-state index contributed by atoms with van der Waals surface area (Å²) < 4.78 is 4.84. The Morgan fingerprint density at radius 2 is 2.50 bits per heavy atom. The normalized spacial score (nSPS) is 21.1. The molecule has 14 heavy (non-hydrogen) atoms. The highest BCUT2D eigenvalue weighted by Crippen LogP contribution is 2.16. The molecule has 1 fully saturated rings. The molecule has 0 spiro atoms. The predicted octanol–water partition coefficient (Wildman–Crippen LogP) is 1.42. The molecule has 1 N–H and O–H groups in total. The van der Waals surface area contributed by atoms with Gasteiger partial charge in [-0.2, -0.15) is 11.8 Å². The van der Waals surface area contributed by atoms with Crippen LogP contribution in [0.1, 0.15) is 26.2 Å². The molecular weight excluding hydrogens is 198 g/mol. The van der Waals surface area contributed by atoms with Crippen LogP contribution in [0.25, 0.3) is 0 Å². The fourth-order valence-corrected chi connectivity index (χ4v) is 2.65.